The highest BCUT2D eigenvalue weighted by atomic mass is 16.5. The Kier molecular flexibility index (Phi) is 5.13. The number of esters is 1. The molecule has 102 valence electrons. The Hall–Kier alpha value is -2.35. The Morgan fingerprint density at radius 2 is 1.65 bits per heavy atom. The smallest absolute Gasteiger partial charge is 0.330 e. The van der Waals surface area contributed by atoms with Gasteiger partial charge in [-0.05, 0) is 29.2 Å². The van der Waals surface area contributed by atoms with Crippen molar-refractivity contribution in [3.05, 3.63) is 66.2 Å². The van der Waals surface area contributed by atoms with E-state index < -0.39 is 0 Å². The topological polar surface area (TPSA) is 26.3 Å². The van der Waals surface area contributed by atoms with E-state index in [4.69, 9.17) is 4.74 Å². The minimum Gasteiger partial charge on any atom is -0.463 e. The molecule has 0 aromatic heterocycles. The van der Waals surface area contributed by atoms with Crippen molar-refractivity contribution in [3.8, 4) is 11.1 Å². The van der Waals surface area contributed by atoms with E-state index >= 15 is 0 Å². The van der Waals surface area contributed by atoms with Gasteiger partial charge in [0.15, 0.2) is 0 Å². The van der Waals surface area contributed by atoms with Crippen LogP contribution in [0.25, 0.3) is 17.2 Å². The molecule has 0 fully saturated rings. The standard InChI is InChI=1S/C18H18O2/c1-2-14-20-18(19)13-10-15-8-11-17(12-9-15)16-6-4-3-5-7-16/h3-13H,2,14H2,1H3. The number of ether oxygens (including phenoxy) is 1. The monoisotopic (exact) mass is 266 g/mol. The number of rotatable bonds is 5. The quantitative estimate of drug-likeness (QED) is 0.595. The Balaban J connectivity index is 2.02. The van der Waals surface area contributed by atoms with Crippen molar-refractivity contribution < 1.29 is 9.53 Å². The molecule has 2 rings (SSSR count). The third-order valence-corrected chi connectivity index (χ3v) is 2.88. The third-order valence-electron chi connectivity index (χ3n) is 2.88. The molecule has 0 heterocycles. The zero-order chi connectivity index (χ0) is 14.2. The van der Waals surface area contributed by atoms with Gasteiger partial charge in [0.2, 0.25) is 0 Å². The van der Waals surface area contributed by atoms with Crippen molar-refractivity contribution in [2.24, 2.45) is 0 Å². The van der Waals surface area contributed by atoms with E-state index in [1.807, 2.05) is 49.4 Å². The molecule has 2 aromatic carbocycles. The maximum absolute atomic E-state index is 11.4. The van der Waals surface area contributed by atoms with Crippen molar-refractivity contribution in [2.75, 3.05) is 6.61 Å². The summed E-state index contributed by atoms with van der Waals surface area (Å²) in [7, 11) is 0. The van der Waals surface area contributed by atoms with Crippen molar-refractivity contribution in [2.45, 2.75) is 13.3 Å². The van der Waals surface area contributed by atoms with E-state index in [0.29, 0.717) is 6.61 Å². The van der Waals surface area contributed by atoms with Gasteiger partial charge in [0.1, 0.15) is 0 Å². The van der Waals surface area contributed by atoms with E-state index in [2.05, 4.69) is 12.1 Å². The molecule has 2 nitrogen and oxygen atoms in total. The van der Waals surface area contributed by atoms with E-state index in [9.17, 15) is 4.79 Å². The lowest BCUT2D eigenvalue weighted by Gasteiger charge is -2.02. The van der Waals surface area contributed by atoms with Gasteiger partial charge < -0.3 is 4.74 Å². The van der Waals surface area contributed by atoms with Gasteiger partial charge >= 0.3 is 5.97 Å². The number of benzene rings is 2. The Labute approximate surface area is 119 Å². The normalized spacial score (nSPS) is 10.7. The first kappa shape index (κ1) is 14.1. The molecule has 0 aliphatic carbocycles. The summed E-state index contributed by atoms with van der Waals surface area (Å²) in [5.74, 6) is -0.293. The molecular formula is C18H18O2. The Bertz CT molecular complexity index is 568. The second-order valence-corrected chi connectivity index (χ2v) is 4.49. The summed E-state index contributed by atoms with van der Waals surface area (Å²) in [5, 5.41) is 0. The van der Waals surface area contributed by atoms with Crippen LogP contribution in [0.4, 0.5) is 0 Å². The largest absolute Gasteiger partial charge is 0.463 e. The van der Waals surface area contributed by atoms with Crippen LogP contribution in [-0.4, -0.2) is 12.6 Å². The molecule has 0 unspecified atom stereocenters. The van der Waals surface area contributed by atoms with Crippen LogP contribution in [0.2, 0.25) is 0 Å². The molecule has 0 saturated carbocycles. The summed E-state index contributed by atoms with van der Waals surface area (Å²) in [4.78, 5) is 11.4. The van der Waals surface area contributed by atoms with Gasteiger partial charge in [-0.1, -0.05) is 61.5 Å². The van der Waals surface area contributed by atoms with Crippen molar-refractivity contribution >= 4 is 12.0 Å². The molecule has 0 aliphatic rings. The average Bonchev–Trinajstić information content (AvgIpc) is 2.52. The van der Waals surface area contributed by atoms with Crippen LogP contribution in [0.3, 0.4) is 0 Å². The SMILES string of the molecule is CCCOC(=O)C=Cc1ccc(-c2ccccc2)cc1. The molecule has 2 heteroatoms. The van der Waals surface area contributed by atoms with Gasteiger partial charge in [0.05, 0.1) is 6.61 Å². The minimum atomic E-state index is -0.293. The summed E-state index contributed by atoms with van der Waals surface area (Å²) in [6.07, 6.45) is 4.07. The van der Waals surface area contributed by atoms with Gasteiger partial charge in [-0.3, -0.25) is 0 Å². The van der Waals surface area contributed by atoms with Gasteiger partial charge in [0.25, 0.3) is 0 Å². The molecule has 0 N–H and O–H groups in total. The predicted octanol–water partition coefficient (Wildman–Crippen LogP) is 4.32. The van der Waals surface area contributed by atoms with Crippen molar-refractivity contribution in [1.82, 2.24) is 0 Å². The lowest BCUT2D eigenvalue weighted by atomic mass is 10.0. The summed E-state index contributed by atoms with van der Waals surface area (Å²) in [6, 6.07) is 18.3. The van der Waals surface area contributed by atoms with Crippen LogP contribution in [0, 0.1) is 0 Å². The molecule has 20 heavy (non-hydrogen) atoms. The first-order chi connectivity index (χ1) is 9.79. The maximum Gasteiger partial charge on any atom is 0.330 e. The predicted molar refractivity (Wildman–Crippen MR) is 82.2 cm³/mol. The fourth-order valence-electron chi connectivity index (χ4n) is 1.83. The minimum absolute atomic E-state index is 0.293. The number of hydrogen-bond acceptors (Lipinski definition) is 2. The number of hydrogen-bond donors (Lipinski definition) is 0. The van der Waals surface area contributed by atoms with E-state index in [1.165, 1.54) is 11.6 Å². The molecule has 0 bridgehead atoms. The molecule has 0 spiro atoms. The maximum atomic E-state index is 11.4. The first-order valence-electron chi connectivity index (χ1n) is 6.80. The summed E-state index contributed by atoms with van der Waals surface area (Å²) >= 11 is 0. The fraction of sp³-hybridized carbons (Fsp3) is 0.167. The first-order valence-corrected chi connectivity index (χ1v) is 6.80. The highest BCUT2D eigenvalue weighted by molar-refractivity contribution is 5.87. The van der Waals surface area contributed by atoms with E-state index in [1.54, 1.807) is 6.08 Å². The van der Waals surface area contributed by atoms with Gasteiger partial charge in [-0.15, -0.1) is 0 Å². The van der Waals surface area contributed by atoms with Crippen LogP contribution in [0.1, 0.15) is 18.9 Å². The van der Waals surface area contributed by atoms with Gasteiger partial charge in [-0.2, -0.15) is 0 Å². The highest BCUT2D eigenvalue weighted by Gasteiger charge is 1.97. The Morgan fingerprint density at radius 3 is 2.30 bits per heavy atom. The van der Waals surface area contributed by atoms with Crippen LogP contribution in [0.15, 0.2) is 60.7 Å². The second kappa shape index (κ2) is 7.29. The van der Waals surface area contributed by atoms with E-state index in [-0.39, 0.29) is 5.97 Å². The molecule has 0 atom stereocenters. The van der Waals surface area contributed by atoms with E-state index in [0.717, 1.165) is 17.5 Å². The zero-order valence-electron chi connectivity index (χ0n) is 11.6. The molecule has 0 amide bonds. The van der Waals surface area contributed by atoms with Crippen molar-refractivity contribution in [1.29, 1.82) is 0 Å². The highest BCUT2D eigenvalue weighted by Crippen LogP contribution is 2.19. The number of carbonyl (C=O) groups is 1. The lowest BCUT2D eigenvalue weighted by Crippen LogP contribution is -2.00. The summed E-state index contributed by atoms with van der Waals surface area (Å²) in [5.41, 5.74) is 3.33. The molecule has 0 aliphatic heterocycles. The van der Waals surface area contributed by atoms with Gasteiger partial charge in [0, 0.05) is 6.08 Å². The molecule has 0 saturated heterocycles. The van der Waals surface area contributed by atoms with Crippen LogP contribution in [0.5, 0.6) is 0 Å². The van der Waals surface area contributed by atoms with Crippen LogP contribution in [-0.2, 0) is 9.53 Å². The summed E-state index contributed by atoms with van der Waals surface area (Å²) < 4.78 is 4.98. The zero-order valence-corrected chi connectivity index (χ0v) is 11.6. The molecular weight excluding hydrogens is 248 g/mol. The average molecular weight is 266 g/mol. The lowest BCUT2D eigenvalue weighted by molar-refractivity contribution is -0.137. The van der Waals surface area contributed by atoms with Crippen LogP contribution >= 0.6 is 0 Å². The molecule has 2 aromatic rings. The number of carbonyl (C=O) groups excluding carboxylic acids is 1. The second-order valence-electron chi connectivity index (χ2n) is 4.49. The van der Waals surface area contributed by atoms with Gasteiger partial charge in [-0.25, -0.2) is 4.79 Å². The third kappa shape index (κ3) is 4.09. The summed E-state index contributed by atoms with van der Waals surface area (Å²) in [6.45, 7) is 2.44. The van der Waals surface area contributed by atoms with Crippen LogP contribution < -0.4 is 0 Å². The van der Waals surface area contributed by atoms with Crippen molar-refractivity contribution in [3.63, 3.8) is 0 Å². The Morgan fingerprint density at radius 1 is 1.00 bits per heavy atom. The fourth-order valence-corrected chi connectivity index (χ4v) is 1.83. The molecule has 0 radical (unpaired) electrons.